The molecule has 4 N–H and O–H groups in total. The maximum atomic E-state index is 12.0. The van der Waals surface area contributed by atoms with Crippen LogP contribution in [0.3, 0.4) is 0 Å². The Kier molecular flexibility index (Phi) is 5.37. The number of rotatable bonds is 5. The van der Waals surface area contributed by atoms with E-state index in [1.807, 2.05) is 0 Å². The standard InChI is InChI=1S/C11H21N3O3/c1-17-7-9(12)11(16)14-5-3-2-4-8(14)6-10(13)15/h8-9H,2-7,12H2,1H3,(H2,13,15). The molecule has 98 valence electrons. The van der Waals surface area contributed by atoms with Crippen LogP contribution in [0.5, 0.6) is 0 Å². The fourth-order valence-corrected chi connectivity index (χ4v) is 2.20. The van der Waals surface area contributed by atoms with Crippen LogP contribution in [0.15, 0.2) is 0 Å². The Bertz CT molecular complexity index is 283. The van der Waals surface area contributed by atoms with Crippen molar-refractivity contribution in [2.45, 2.75) is 37.8 Å². The van der Waals surface area contributed by atoms with Gasteiger partial charge in [0.1, 0.15) is 6.04 Å². The average Bonchev–Trinajstić information content (AvgIpc) is 2.28. The molecule has 1 saturated heterocycles. The zero-order chi connectivity index (χ0) is 12.8. The lowest BCUT2D eigenvalue weighted by atomic mass is 9.98. The number of hydrogen-bond donors (Lipinski definition) is 2. The summed E-state index contributed by atoms with van der Waals surface area (Å²) in [5, 5.41) is 0. The number of piperidine rings is 1. The fourth-order valence-electron chi connectivity index (χ4n) is 2.20. The predicted octanol–water partition coefficient (Wildman–Crippen LogP) is -0.783. The summed E-state index contributed by atoms with van der Waals surface area (Å²) in [6, 6.07) is -0.759. The number of carbonyl (C=O) groups is 2. The zero-order valence-corrected chi connectivity index (χ0v) is 10.2. The van der Waals surface area contributed by atoms with Crippen molar-refractivity contribution in [1.82, 2.24) is 4.90 Å². The summed E-state index contributed by atoms with van der Waals surface area (Å²) >= 11 is 0. The lowest BCUT2D eigenvalue weighted by Gasteiger charge is -2.36. The number of ether oxygens (including phenoxy) is 1. The van der Waals surface area contributed by atoms with Crippen molar-refractivity contribution in [3.63, 3.8) is 0 Å². The molecule has 6 heteroatoms. The highest BCUT2D eigenvalue weighted by atomic mass is 16.5. The van der Waals surface area contributed by atoms with E-state index in [1.165, 1.54) is 7.11 Å². The highest BCUT2D eigenvalue weighted by Crippen LogP contribution is 2.20. The number of primary amides is 1. The Morgan fingerprint density at radius 1 is 1.47 bits per heavy atom. The summed E-state index contributed by atoms with van der Waals surface area (Å²) in [4.78, 5) is 24.7. The molecule has 1 fully saturated rings. The molecule has 0 saturated carbocycles. The van der Waals surface area contributed by atoms with Gasteiger partial charge in [-0.05, 0) is 19.3 Å². The van der Waals surface area contributed by atoms with Gasteiger partial charge in [0.2, 0.25) is 11.8 Å². The molecular weight excluding hydrogens is 222 g/mol. The topological polar surface area (TPSA) is 98.7 Å². The Morgan fingerprint density at radius 2 is 2.18 bits per heavy atom. The molecule has 0 aromatic heterocycles. The van der Waals surface area contributed by atoms with Crippen LogP contribution in [0.25, 0.3) is 0 Å². The highest BCUT2D eigenvalue weighted by molar-refractivity contribution is 5.83. The number of nitrogens with two attached hydrogens (primary N) is 2. The summed E-state index contributed by atoms with van der Waals surface area (Å²) in [6.07, 6.45) is 2.99. The number of carbonyl (C=O) groups excluding carboxylic acids is 2. The lowest BCUT2D eigenvalue weighted by Crippen LogP contribution is -2.53. The molecule has 2 atom stereocenters. The Balaban J connectivity index is 2.63. The first-order valence-electron chi connectivity index (χ1n) is 5.89. The molecule has 0 radical (unpaired) electrons. The van der Waals surface area contributed by atoms with Crippen LogP contribution in [0.2, 0.25) is 0 Å². The van der Waals surface area contributed by atoms with E-state index in [2.05, 4.69) is 0 Å². The largest absolute Gasteiger partial charge is 0.383 e. The van der Waals surface area contributed by atoms with Crippen molar-refractivity contribution in [3.8, 4) is 0 Å². The summed E-state index contributed by atoms with van der Waals surface area (Å²) in [5.41, 5.74) is 10.9. The molecule has 2 amide bonds. The second kappa shape index (κ2) is 6.56. The summed E-state index contributed by atoms with van der Waals surface area (Å²) in [5.74, 6) is -0.534. The van der Waals surface area contributed by atoms with E-state index >= 15 is 0 Å². The predicted molar refractivity (Wildman–Crippen MR) is 63.0 cm³/mol. The van der Waals surface area contributed by atoms with Crippen molar-refractivity contribution in [2.24, 2.45) is 11.5 Å². The van der Waals surface area contributed by atoms with Crippen LogP contribution in [-0.2, 0) is 14.3 Å². The Hall–Kier alpha value is -1.14. The van der Waals surface area contributed by atoms with Crippen LogP contribution in [0, 0.1) is 0 Å². The fraction of sp³-hybridized carbons (Fsp3) is 0.818. The van der Waals surface area contributed by atoms with Gasteiger partial charge < -0.3 is 21.1 Å². The van der Waals surface area contributed by atoms with Gasteiger partial charge in [-0.15, -0.1) is 0 Å². The van der Waals surface area contributed by atoms with Crippen LogP contribution in [-0.4, -0.2) is 49.1 Å². The molecule has 0 aliphatic carbocycles. The highest BCUT2D eigenvalue weighted by Gasteiger charge is 2.30. The molecule has 0 spiro atoms. The van der Waals surface area contributed by atoms with E-state index in [0.717, 1.165) is 19.3 Å². The van der Waals surface area contributed by atoms with Crippen molar-refractivity contribution in [2.75, 3.05) is 20.3 Å². The minimum absolute atomic E-state index is 0.100. The van der Waals surface area contributed by atoms with Gasteiger partial charge in [-0.25, -0.2) is 0 Å². The molecule has 1 heterocycles. The van der Waals surface area contributed by atoms with Gasteiger partial charge in [-0.2, -0.15) is 0 Å². The van der Waals surface area contributed by atoms with E-state index < -0.39 is 6.04 Å². The van der Waals surface area contributed by atoms with Crippen LogP contribution >= 0.6 is 0 Å². The van der Waals surface area contributed by atoms with Crippen molar-refractivity contribution < 1.29 is 14.3 Å². The number of methoxy groups -OCH3 is 1. The molecule has 0 bridgehead atoms. The quantitative estimate of drug-likeness (QED) is 0.661. The first-order valence-corrected chi connectivity index (χ1v) is 5.89. The third-order valence-corrected chi connectivity index (χ3v) is 3.01. The van der Waals surface area contributed by atoms with Crippen LogP contribution in [0.4, 0.5) is 0 Å². The number of hydrogen-bond acceptors (Lipinski definition) is 4. The number of likely N-dealkylation sites (tertiary alicyclic amines) is 1. The molecule has 0 aromatic carbocycles. The zero-order valence-electron chi connectivity index (χ0n) is 10.2. The molecule has 6 nitrogen and oxygen atoms in total. The van der Waals surface area contributed by atoms with E-state index in [0.29, 0.717) is 6.54 Å². The molecular formula is C11H21N3O3. The van der Waals surface area contributed by atoms with Crippen molar-refractivity contribution in [1.29, 1.82) is 0 Å². The third kappa shape index (κ3) is 3.98. The van der Waals surface area contributed by atoms with Gasteiger partial charge >= 0.3 is 0 Å². The summed E-state index contributed by atoms with van der Waals surface area (Å²) < 4.78 is 4.87. The van der Waals surface area contributed by atoms with Gasteiger partial charge in [0.25, 0.3) is 0 Å². The van der Waals surface area contributed by atoms with Crippen molar-refractivity contribution >= 4 is 11.8 Å². The molecule has 17 heavy (non-hydrogen) atoms. The molecule has 2 unspecified atom stereocenters. The van der Waals surface area contributed by atoms with Crippen molar-refractivity contribution in [3.05, 3.63) is 0 Å². The van der Waals surface area contributed by atoms with Crippen LogP contribution in [0.1, 0.15) is 25.7 Å². The smallest absolute Gasteiger partial charge is 0.242 e. The lowest BCUT2D eigenvalue weighted by molar-refractivity contribution is -0.138. The monoisotopic (exact) mass is 243 g/mol. The molecule has 0 aromatic rings. The Morgan fingerprint density at radius 3 is 2.76 bits per heavy atom. The second-order valence-corrected chi connectivity index (χ2v) is 4.41. The SMILES string of the molecule is COCC(N)C(=O)N1CCCCC1CC(N)=O. The van der Waals surface area contributed by atoms with Crippen LogP contribution < -0.4 is 11.5 Å². The van der Waals surface area contributed by atoms with E-state index in [1.54, 1.807) is 4.90 Å². The third-order valence-electron chi connectivity index (χ3n) is 3.01. The molecule has 1 aliphatic heterocycles. The maximum absolute atomic E-state index is 12.0. The molecule has 1 aliphatic rings. The van der Waals surface area contributed by atoms with Gasteiger partial charge in [-0.1, -0.05) is 0 Å². The maximum Gasteiger partial charge on any atom is 0.242 e. The minimum atomic E-state index is -0.659. The molecule has 1 rings (SSSR count). The average molecular weight is 243 g/mol. The van der Waals surface area contributed by atoms with Gasteiger partial charge in [-0.3, -0.25) is 9.59 Å². The van der Waals surface area contributed by atoms with E-state index in [9.17, 15) is 9.59 Å². The number of amides is 2. The van der Waals surface area contributed by atoms with Gasteiger partial charge in [0, 0.05) is 26.1 Å². The van der Waals surface area contributed by atoms with E-state index in [4.69, 9.17) is 16.2 Å². The normalized spacial score (nSPS) is 22.2. The summed E-state index contributed by atoms with van der Waals surface area (Å²) in [6.45, 7) is 0.840. The van der Waals surface area contributed by atoms with E-state index in [-0.39, 0.29) is 30.9 Å². The van der Waals surface area contributed by atoms with Gasteiger partial charge in [0.15, 0.2) is 0 Å². The Labute approximate surface area is 101 Å². The van der Waals surface area contributed by atoms with Gasteiger partial charge in [0.05, 0.1) is 6.61 Å². The first kappa shape index (κ1) is 13.9. The minimum Gasteiger partial charge on any atom is -0.383 e. The first-order chi connectivity index (χ1) is 8.06. The second-order valence-electron chi connectivity index (χ2n) is 4.41. The summed E-state index contributed by atoms with van der Waals surface area (Å²) in [7, 11) is 1.50. The number of nitrogens with zero attached hydrogens (tertiary/aromatic N) is 1.